The van der Waals surface area contributed by atoms with Crippen molar-refractivity contribution in [1.82, 2.24) is 10.2 Å². The van der Waals surface area contributed by atoms with Gasteiger partial charge in [0, 0.05) is 49.8 Å². The van der Waals surface area contributed by atoms with E-state index in [0.717, 1.165) is 62.9 Å². The number of phenols is 2. The maximum Gasteiger partial charge on any atom is 0.229 e. The predicted molar refractivity (Wildman–Crippen MR) is 179 cm³/mol. The number of piperidine rings is 2. The number of rotatable bonds is 3. The first-order chi connectivity index (χ1) is 23.6. The van der Waals surface area contributed by atoms with E-state index in [-0.39, 0.29) is 65.6 Å². The van der Waals surface area contributed by atoms with E-state index in [2.05, 4.69) is 16.8 Å². The first-order valence-electron chi connectivity index (χ1n) is 17.9. The number of ketones is 1. The Bertz CT molecular complexity index is 1950. The summed E-state index contributed by atoms with van der Waals surface area (Å²) in [6, 6.07) is 6.86. The molecule has 1 saturated carbocycles. The van der Waals surface area contributed by atoms with E-state index >= 15 is 4.79 Å². The second kappa shape index (κ2) is 9.17. The number of hydrogen-bond acceptors (Lipinski definition) is 9. The van der Waals surface area contributed by atoms with E-state index < -0.39 is 22.2 Å². The lowest BCUT2D eigenvalue weighted by molar-refractivity contribution is -0.223. The van der Waals surface area contributed by atoms with Gasteiger partial charge < -0.3 is 24.6 Å². The number of ether oxygens (including phenoxy) is 2. The lowest BCUT2D eigenvalue weighted by atomic mass is 9.50. The molecule has 8 aliphatic rings. The molecule has 0 radical (unpaired) electrons. The minimum absolute atomic E-state index is 0.0775. The van der Waals surface area contributed by atoms with Crippen molar-refractivity contribution in [1.29, 1.82) is 0 Å². The number of nitrogens with one attached hydrogen (secondary N) is 1. The number of benzene rings is 2. The van der Waals surface area contributed by atoms with E-state index in [1.807, 2.05) is 24.0 Å². The van der Waals surface area contributed by atoms with Gasteiger partial charge in [0.05, 0.1) is 41.1 Å². The van der Waals surface area contributed by atoms with Crippen LogP contribution in [-0.2, 0) is 30.0 Å². The normalized spacial score (nSPS) is 38.0. The van der Waals surface area contributed by atoms with Gasteiger partial charge in [-0.25, -0.2) is 0 Å². The fourth-order valence-electron chi connectivity index (χ4n) is 12.7. The van der Waals surface area contributed by atoms with Gasteiger partial charge in [-0.15, -0.1) is 0 Å². The number of amides is 2. The topological polar surface area (TPSA) is 132 Å². The molecule has 11 heteroatoms. The number of methoxy groups -OCH3 is 1. The molecular formula is C38H42N4O7. The van der Waals surface area contributed by atoms with Gasteiger partial charge in [-0.2, -0.15) is 0 Å². The molecule has 49 heavy (non-hydrogen) atoms. The third-order valence-electron chi connectivity index (χ3n) is 14.1. The molecule has 256 valence electrons. The molecular weight excluding hydrogens is 624 g/mol. The van der Waals surface area contributed by atoms with Crippen molar-refractivity contribution in [3.8, 4) is 17.2 Å². The van der Waals surface area contributed by atoms with Crippen LogP contribution in [0, 0.1) is 5.41 Å². The molecule has 6 fully saturated rings. The first-order valence-corrected chi connectivity index (χ1v) is 17.9. The summed E-state index contributed by atoms with van der Waals surface area (Å²) in [4.78, 5) is 48.7. The maximum absolute atomic E-state index is 15.4. The number of carbonyl (C=O) groups excluding carboxylic acids is 3. The van der Waals surface area contributed by atoms with Crippen LogP contribution in [0.4, 0.5) is 11.4 Å². The Labute approximate surface area is 284 Å². The number of hydrogen-bond donors (Lipinski definition) is 3. The van der Waals surface area contributed by atoms with Gasteiger partial charge in [-0.1, -0.05) is 25.6 Å². The quantitative estimate of drug-likeness (QED) is 0.444. The average Bonchev–Trinajstić information content (AvgIpc) is 3.79. The highest BCUT2D eigenvalue weighted by atomic mass is 16.5. The van der Waals surface area contributed by atoms with Crippen LogP contribution in [0.2, 0.25) is 0 Å². The standard InChI is InChI=1S/C38H42N4O7/c1-4-27(44)41-26-9-12-34-11-6-17-40-18-15-36(26,38(34,40)49-21(2)20-34)23-19-24(32(48-3)31(46)30(23)41)35-14-16-39-37(33(35)47)13-10-28(45)42(37)29-22(35)7-5-8-25(29)43/h5,7-8,19,26,39,43,46H,2,4,6,9-18,20H2,1,3H3/t26-,34+,35-,36-,37+,38+/m1/s1. The number of nitrogens with zero attached hydrogens (tertiary/aromatic N) is 3. The molecule has 2 amide bonds. The lowest BCUT2D eigenvalue weighted by Crippen LogP contribution is -2.73. The number of carbonyl (C=O) groups is 3. The van der Waals surface area contributed by atoms with Crippen LogP contribution in [0.25, 0.3) is 0 Å². The van der Waals surface area contributed by atoms with Crippen LogP contribution in [0.15, 0.2) is 36.6 Å². The van der Waals surface area contributed by atoms with Crippen LogP contribution in [0.5, 0.6) is 17.2 Å². The van der Waals surface area contributed by atoms with E-state index in [9.17, 15) is 19.8 Å². The van der Waals surface area contributed by atoms with Crippen molar-refractivity contribution in [3.63, 3.8) is 0 Å². The van der Waals surface area contributed by atoms with Crippen LogP contribution < -0.4 is 19.9 Å². The van der Waals surface area contributed by atoms with E-state index in [4.69, 9.17) is 9.47 Å². The van der Waals surface area contributed by atoms with Crippen LogP contribution >= 0.6 is 0 Å². The fourth-order valence-corrected chi connectivity index (χ4v) is 12.7. The third kappa shape index (κ3) is 2.91. The molecule has 7 aliphatic heterocycles. The highest BCUT2D eigenvalue weighted by molar-refractivity contribution is 6.17. The highest BCUT2D eigenvalue weighted by Crippen LogP contribution is 2.76. The molecule has 2 bridgehead atoms. The SMILES string of the molecule is C=C1C[C@]23CCCN4CC[C@]5(c6cc([C@@]78CCN[C@]9(CCC(=O)N9c9c(O)cccc97)C8=O)c(OC)c(O)c6N(C(=O)CC)[C@@H]5CC2)[C@]43O1. The van der Waals surface area contributed by atoms with Gasteiger partial charge in [0.1, 0.15) is 5.75 Å². The molecule has 2 aromatic carbocycles. The summed E-state index contributed by atoms with van der Waals surface area (Å²) >= 11 is 0. The Hall–Kier alpha value is -4.09. The largest absolute Gasteiger partial charge is 0.506 e. The Balaban J connectivity index is 1.32. The minimum atomic E-state index is -1.36. The second-order valence-electron chi connectivity index (χ2n) is 15.6. The molecule has 0 aromatic heterocycles. The van der Waals surface area contributed by atoms with Crippen molar-refractivity contribution in [2.24, 2.45) is 5.41 Å². The molecule has 3 N–H and O–H groups in total. The van der Waals surface area contributed by atoms with Gasteiger partial charge in [-0.05, 0) is 68.3 Å². The fraction of sp³-hybridized carbons (Fsp3) is 0.553. The molecule has 10 rings (SSSR count). The summed E-state index contributed by atoms with van der Waals surface area (Å²) in [7, 11) is 1.49. The second-order valence-corrected chi connectivity index (χ2v) is 15.6. The lowest BCUT2D eigenvalue weighted by Gasteiger charge is -2.62. The Morgan fingerprint density at radius 2 is 1.92 bits per heavy atom. The predicted octanol–water partition coefficient (Wildman–Crippen LogP) is 4.06. The third-order valence-corrected chi connectivity index (χ3v) is 14.1. The Morgan fingerprint density at radius 1 is 1.08 bits per heavy atom. The smallest absolute Gasteiger partial charge is 0.229 e. The zero-order valence-electron chi connectivity index (χ0n) is 28.1. The molecule has 2 aromatic rings. The first kappa shape index (κ1) is 29.8. The van der Waals surface area contributed by atoms with E-state index in [1.165, 1.54) is 12.0 Å². The number of allylic oxidation sites excluding steroid dienone is 1. The summed E-state index contributed by atoms with van der Waals surface area (Å²) in [6.45, 7) is 8.31. The van der Waals surface area contributed by atoms with Crippen molar-refractivity contribution < 1.29 is 34.1 Å². The van der Waals surface area contributed by atoms with Crippen molar-refractivity contribution in [2.45, 2.75) is 99.4 Å². The van der Waals surface area contributed by atoms with Crippen LogP contribution in [0.1, 0.15) is 87.8 Å². The number of Topliss-reactive ketones (excluding diaryl/α,β-unsaturated/α-hetero) is 1. The van der Waals surface area contributed by atoms with Gasteiger partial charge in [0.25, 0.3) is 0 Å². The van der Waals surface area contributed by atoms with Gasteiger partial charge in [0.15, 0.2) is 28.7 Å². The number of aromatic hydroxyl groups is 2. The zero-order chi connectivity index (χ0) is 33.9. The monoisotopic (exact) mass is 666 g/mol. The van der Waals surface area contributed by atoms with E-state index in [1.54, 1.807) is 12.1 Å². The van der Waals surface area contributed by atoms with Crippen LogP contribution in [-0.4, -0.2) is 76.9 Å². The Morgan fingerprint density at radius 3 is 2.71 bits per heavy atom. The van der Waals surface area contributed by atoms with Gasteiger partial charge >= 0.3 is 0 Å². The number of phenolic OH excluding ortho intramolecular Hbond substituents is 2. The minimum Gasteiger partial charge on any atom is -0.506 e. The average molecular weight is 667 g/mol. The summed E-state index contributed by atoms with van der Waals surface area (Å²) in [5.74, 6) is 0.167. The van der Waals surface area contributed by atoms with Crippen molar-refractivity contribution in [3.05, 3.63) is 53.3 Å². The Kier molecular flexibility index (Phi) is 5.57. The molecule has 5 saturated heterocycles. The van der Waals surface area contributed by atoms with Crippen molar-refractivity contribution in [2.75, 3.05) is 36.5 Å². The number of para-hydroxylation sites is 1. The van der Waals surface area contributed by atoms with Gasteiger partial charge in [-0.3, -0.25) is 29.5 Å². The maximum atomic E-state index is 15.4. The molecule has 1 aliphatic carbocycles. The molecule has 7 heterocycles. The molecule has 0 unspecified atom stereocenters. The molecule has 11 nitrogen and oxygen atoms in total. The summed E-state index contributed by atoms with van der Waals surface area (Å²) in [5, 5.41) is 27.4. The number of anilines is 2. The molecule has 6 atom stereocenters. The molecule has 3 spiro atoms. The zero-order valence-corrected chi connectivity index (χ0v) is 28.1. The summed E-state index contributed by atoms with van der Waals surface area (Å²) in [5.41, 5.74) is -1.72. The highest BCUT2D eigenvalue weighted by Gasteiger charge is 2.82. The van der Waals surface area contributed by atoms with Crippen LogP contribution in [0.3, 0.4) is 0 Å². The van der Waals surface area contributed by atoms with E-state index in [0.29, 0.717) is 35.5 Å². The summed E-state index contributed by atoms with van der Waals surface area (Å²) in [6.07, 6.45) is 6.20. The van der Waals surface area contributed by atoms with Gasteiger partial charge in [0.2, 0.25) is 11.8 Å². The van der Waals surface area contributed by atoms with Crippen molar-refractivity contribution >= 4 is 29.0 Å². The summed E-state index contributed by atoms with van der Waals surface area (Å²) < 4.78 is 13.2. The number of fused-ring (bicyclic) bond motifs is 5.